The SMILES string of the molecule is Cc1cc(N2CC(C)(C)OC3(CCCC3)C2)ncc1[N+](=O)[O-]. The molecule has 3 rings (SSSR count). The van der Waals surface area contributed by atoms with Crippen molar-refractivity contribution in [2.45, 2.75) is 57.7 Å². The zero-order valence-corrected chi connectivity index (χ0v) is 13.5. The van der Waals surface area contributed by atoms with E-state index in [4.69, 9.17) is 4.74 Å². The number of aryl methyl sites for hydroxylation is 1. The summed E-state index contributed by atoms with van der Waals surface area (Å²) in [5.74, 6) is 0.811. The Balaban J connectivity index is 1.90. The van der Waals surface area contributed by atoms with Crippen molar-refractivity contribution >= 4 is 11.5 Å². The first kappa shape index (κ1) is 15.2. The van der Waals surface area contributed by atoms with Crippen molar-refractivity contribution in [2.24, 2.45) is 0 Å². The molecule has 2 fully saturated rings. The first-order chi connectivity index (χ1) is 10.3. The maximum atomic E-state index is 10.9. The molecule has 1 aliphatic heterocycles. The third-order valence-electron chi connectivity index (χ3n) is 4.65. The first-order valence-electron chi connectivity index (χ1n) is 7.87. The predicted octanol–water partition coefficient (Wildman–Crippen LogP) is 3.23. The number of nitrogens with zero attached hydrogens (tertiary/aromatic N) is 3. The van der Waals surface area contributed by atoms with Crippen LogP contribution in [0.2, 0.25) is 0 Å². The molecule has 0 amide bonds. The van der Waals surface area contributed by atoms with Crippen molar-refractivity contribution in [2.75, 3.05) is 18.0 Å². The van der Waals surface area contributed by atoms with Gasteiger partial charge in [-0.1, -0.05) is 12.8 Å². The van der Waals surface area contributed by atoms with Gasteiger partial charge in [-0.3, -0.25) is 10.1 Å². The normalized spacial score (nSPS) is 23.0. The van der Waals surface area contributed by atoms with Crippen molar-refractivity contribution in [3.63, 3.8) is 0 Å². The minimum absolute atomic E-state index is 0.0758. The number of hydrogen-bond donors (Lipinski definition) is 0. The lowest BCUT2D eigenvalue weighted by atomic mass is 9.94. The van der Waals surface area contributed by atoms with Crippen LogP contribution in [0.5, 0.6) is 0 Å². The Labute approximate surface area is 130 Å². The Bertz CT molecular complexity index is 594. The number of rotatable bonds is 2. The van der Waals surface area contributed by atoms with E-state index in [1.807, 2.05) is 6.07 Å². The number of morpholine rings is 1. The lowest BCUT2D eigenvalue weighted by Crippen LogP contribution is -2.59. The van der Waals surface area contributed by atoms with Gasteiger partial charge in [-0.2, -0.15) is 0 Å². The van der Waals surface area contributed by atoms with Crippen LogP contribution in [-0.2, 0) is 4.74 Å². The molecule has 6 heteroatoms. The van der Waals surface area contributed by atoms with E-state index < -0.39 is 0 Å². The van der Waals surface area contributed by atoms with Gasteiger partial charge in [0.25, 0.3) is 5.69 Å². The molecule has 1 spiro atoms. The highest BCUT2D eigenvalue weighted by atomic mass is 16.6. The molecule has 1 saturated carbocycles. The molecule has 120 valence electrons. The van der Waals surface area contributed by atoms with Gasteiger partial charge in [-0.05, 0) is 39.7 Å². The molecule has 1 saturated heterocycles. The monoisotopic (exact) mass is 305 g/mol. The van der Waals surface area contributed by atoms with Crippen molar-refractivity contribution in [1.82, 2.24) is 4.98 Å². The zero-order valence-electron chi connectivity index (χ0n) is 13.5. The molecule has 6 nitrogen and oxygen atoms in total. The number of ether oxygens (including phenoxy) is 1. The maximum Gasteiger partial charge on any atom is 0.290 e. The minimum Gasteiger partial charge on any atom is -0.365 e. The largest absolute Gasteiger partial charge is 0.365 e. The second-order valence-corrected chi connectivity index (χ2v) is 7.19. The second-order valence-electron chi connectivity index (χ2n) is 7.19. The molecule has 1 aromatic heterocycles. The fourth-order valence-corrected chi connectivity index (χ4v) is 3.85. The van der Waals surface area contributed by atoms with Crippen LogP contribution in [0.3, 0.4) is 0 Å². The van der Waals surface area contributed by atoms with E-state index in [0.717, 1.165) is 31.7 Å². The Morgan fingerprint density at radius 2 is 2.00 bits per heavy atom. The minimum atomic E-state index is -0.381. The molecule has 1 aliphatic carbocycles. The molecule has 22 heavy (non-hydrogen) atoms. The molecule has 1 aromatic rings. The number of anilines is 1. The molecule has 0 N–H and O–H groups in total. The van der Waals surface area contributed by atoms with Crippen LogP contribution in [0.15, 0.2) is 12.3 Å². The summed E-state index contributed by atoms with van der Waals surface area (Å²) in [7, 11) is 0. The summed E-state index contributed by atoms with van der Waals surface area (Å²) in [6.07, 6.45) is 5.94. The lowest BCUT2D eigenvalue weighted by molar-refractivity contribution is -0.385. The Morgan fingerprint density at radius 3 is 2.59 bits per heavy atom. The third-order valence-corrected chi connectivity index (χ3v) is 4.65. The average molecular weight is 305 g/mol. The summed E-state index contributed by atoms with van der Waals surface area (Å²) in [6.45, 7) is 7.55. The summed E-state index contributed by atoms with van der Waals surface area (Å²) in [5.41, 5.74) is 0.408. The number of aromatic nitrogens is 1. The summed E-state index contributed by atoms with van der Waals surface area (Å²) >= 11 is 0. The number of pyridine rings is 1. The van der Waals surface area contributed by atoms with Gasteiger partial charge in [0.05, 0.1) is 16.1 Å². The molecule has 0 aromatic carbocycles. The highest BCUT2D eigenvalue weighted by Crippen LogP contribution is 2.41. The van der Waals surface area contributed by atoms with Crippen LogP contribution < -0.4 is 4.90 Å². The molecule has 0 radical (unpaired) electrons. The first-order valence-corrected chi connectivity index (χ1v) is 7.87. The molecular weight excluding hydrogens is 282 g/mol. The fourth-order valence-electron chi connectivity index (χ4n) is 3.85. The highest BCUT2D eigenvalue weighted by molar-refractivity contribution is 5.49. The van der Waals surface area contributed by atoms with Gasteiger partial charge in [0.2, 0.25) is 0 Å². The summed E-state index contributed by atoms with van der Waals surface area (Å²) in [4.78, 5) is 17.1. The predicted molar refractivity (Wildman–Crippen MR) is 84.2 cm³/mol. The van der Waals surface area contributed by atoms with Crippen LogP contribution in [0, 0.1) is 17.0 Å². The standard InChI is InChI=1S/C16H23N3O3/c1-12-8-14(17-9-13(12)19(20)21)18-10-15(2,3)22-16(11-18)6-4-5-7-16/h8-9H,4-7,10-11H2,1-3H3. The van der Waals surface area contributed by atoms with Gasteiger partial charge in [-0.25, -0.2) is 4.98 Å². The zero-order chi connectivity index (χ0) is 16.0. The van der Waals surface area contributed by atoms with Crippen molar-refractivity contribution in [3.8, 4) is 0 Å². The average Bonchev–Trinajstić information content (AvgIpc) is 2.83. The van der Waals surface area contributed by atoms with Crippen molar-refractivity contribution < 1.29 is 9.66 Å². The Hall–Kier alpha value is -1.69. The highest BCUT2D eigenvalue weighted by Gasteiger charge is 2.46. The van der Waals surface area contributed by atoms with Crippen LogP contribution in [0.4, 0.5) is 11.5 Å². The van der Waals surface area contributed by atoms with Gasteiger partial charge >= 0.3 is 0 Å². The molecular formula is C16H23N3O3. The lowest BCUT2D eigenvalue weighted by Gasteiger charge is -2.49. The summed E-state index contributed by atoms with van der Waals surface area (Å²) in [6, 6.07) is 1.82. The van der Waals surface area contributed by atoms with E-state index in [0.29, 0.717) is 5.56 Å². The van der Waals surface area contributed by atoms with Gasteiger partial charge in [0, 0.05) is 18.7 Å². The topological polar surface area (TPSA) is 68.5 Å². The summed E-state index contributed by atoms with van der Waals surface area (Å²) in [5, 5.41) is 10.9. The van der Waals surface area contributed by atoms with Crippen molar-refractivity contribution in [3.05, 3.63) is 27.9 Å². The Morgan fingerprint density at radius 1 is 1.32 bits per heavy atom. The van der Waals surface area contributed by atoms with Gasteiger partial charge in [0.15, 0.2) is 0 Å². The fraction of sp³-hybridized carbons (Fsp3) is 0.688. The second kappa shape index (κ2) is 5.19. The number of hydrogen-bond acceptors (Lipinski definition) is 5. The van der Waals surface area contributed by atoms with E-state index in [1.165, 1.54) is 19.0 Å². The van der Waals surface area contributed by atoms with Crippen LogP contribution in [-0.4, -0.2) is 34.2 Å². The van der Waals surface area contributed by atoms with E-state index in [2.05, 4.69) is 23.7 Å². The molecule has 0 unspecified atom stereocenters. The van der Waals surface area contributed by atoms with E-state index in [9.17, 15) is 10.1 Å². The summed E-state index contributed by atoms with van der Waals surface area (Å²) < 4.78 is 6.39. The third kappa shape index (κ3) is 2.79. The maximum absolute atomic E-state index is 10.9. The van der Waals surface area contributed by atoms with Gasteiger partial charge in [0.1, 0.15) is 12.0 Å². The molecule has 2 aliphatic rings. The van der Waals surface area contributed by atoms with Crippen LogP contribution >= 0.6 is 0 Å². The molecule has 0 bridgehead atoms. The molecule has 2 heterocycles. The van der Waals surface area contributed by atoms with E-state index in [-0.39, 0.29) is 21.8 Å². The van der Waals surface area contributed by atoms with Crippen molar-refractivity contribution in [1.29, 1.82) is 0 Å². The van der Waals surface area contributed by atoms with Gasteiger partial charge < -0.3 is 9.64 Å². The quantitative estimate of drug-likeness (QED) is 0.620. The van der Waals surface area contributed by atoms with Crippen LogP contribution in [0.25, 0.3) is 0 Å². The van der Waals surface area contributed by atoms with Crippen LogP contribution in [0.1, 0.15) is 45.1 Å². The molecule has 0 atom stereocenters. The Kier molecular flexibility index (Phi) is 3.59. The smallest absolute Gasteiger partial charge is 0.290 e. The van der Waals surface area contributed by atoms with Gasteiger partial charge in [-0.15, -0.1) is 0 Å². The number of nitro groups is 1. The van der Waals surface area contributed by atoms with E-state index in [1.54, 1.807) is 6.92 Å². The van der Waals surface area contributed by atoms with E-state index >= 15 is 0 Å².